The molecule has 0 aliphatic heterocycles. The summed E-state index contributed by atoms with van der Waals surface area (Å²) in [6.45, 7) is 3.37. The molecule has 0 aliphatic rings. The van der Waals surface area contributed by atoms with Crippen molar-refractivity contribution in [2.75, 3.05) is 5.06 Å². The van der Waals surface area contributed by atoms with E-state index in [1.165, 1.54) is 12.1 Å². The predicted molar refractivity (Wildman–Crippen MR) is 61.9 cm³/mol. The van der Waals surface area contributed by atoms with Crippen molar-refractivity contribution < 1.29 is 19.9 Å². The maximum atomic E-state index is 11.5. The third-order valence-corrected chi connectivity index (χ3v) is 2.24. The van der Waals surface area contributed by atoms with Crippen LogP contribution in [-0.2, 0) is 16.0 Å². The van der Waals surface area contributed by atoms with Crippen molar-refractivity contribution in [2.24, 2.45) is 5.92 Å². The summed E-state index contributed by atoms with van der Waals surface area (Å²) in [6.07, 6.45) is -0.0795. The number of aliphatic carboxylic acids is 1. The molecule has 1 amide bonds. The first kappa shape index (κ1) is 13.2. The summed E-state index contributed by atoms with van der Waals surface area (Å²) < 4.78 is 0. The first-order chi connectivity index (χ1) is 7.91. The Bertz CT molecular complexity index is 411. The fourth-order valence-electron chi connectivity index (χ4n) is 1.30. The van der Waals surface area contributed by atoms with Gasteiger partial charge in [-0.15, -0.1) is 0 Å². The topological polar surface area (TPSA) is 77.8 Å². The number of benzene rings is 1. The molecule has 0 heterocycles. The molecule has 0 aliphatic carbocycles. The van der Waals surface area contributed by atoms with E-state index in [1.54, 1.807) is 26.0 Å². The molecule has 5 heteroatoms. The Morgan fingerprint density at radius 2 is 1.76 bits per heavy atom. The van der Waals surface area contributed by atoms with E-state index in [0.29, 0.717) is 16.3 Å². The van der Waals surface area contributed by atoms with Gasteiger partial charge in [-0.25, -0.2) is 0 Å². The summed E-state index contributed by atoms with van der Waals surface area (Å²) in [4.78, 5) is 22.0. The number of carbonyl (C=O) groups excluding carboxylic acids is 1. The van der Waals surface area contributed by atoms with E-state index >= 15 is 0 Å². The summed E-state index contributed by atoms with van der Waals surface area (Å²) in [7, 11) is 0. The second kappa shape index (κ2) is 5.45. The van der Waals surface area contributed by atoms with E-state index in [2.05, 4.69) is 0 Å². The van der Waals surface area contributed by atoms with Crippen molar-refractivity contribution in [1.29, 1.82) is 0 Å². The lowest BCUT2D eigenvalue weighted by molar-refractivity contribution is -0.136. The van der Waals surface area contributed by atoms with E-state index < -0.39 is 11.9 Å². The van der Waals surface area contributed by atoms with Crippen molar-refractivity contribution in [3.05, 3.63) is 29.8 Å². The lowest BCUT2D eigenvalue weighted by atomic mass is 10.1. The van der Waals surface area contributed by atoms with Gasteiger partial charge in [0.15, 0.2) is 0 Å². The molecular weight excluding hydrogens is 222 g/mol. The summed E-state index contributed by atoms with van der Waals surface area (Å²) in [5, 5.41) is 18.8. The number of carbonyl (C=O) groups is 2. The number of amides is 1. The third-order valence-electron chi connectivity index (χ3n) is 2.24. The van der Waals surface area contributed by atoms with Crippen LogP contribution in [-0.4, -0.2) is 22.2 Å². The Morgan fingerprint density at radius 1 is 1.24 bits per heavy atom. The summed E-state index contributed by atoms with van der Waals surface area (Å²) in [5.41, 5.74) is 0.949. The van der Waals surface area contributed by atoms with Crippen LogP contribution in [0.4, 0.5) is 5.69 Å². The van der Waals surface area contributed by atoms with E-state index in [0.717, 1.165) is 0 Å². The van der Waals surface area contributed by atoms with Gasteiger partial charge in [-0.3, -0.25) is 14.8 Å². The minimum Gasteiger partial charge on any atom is -0.481 e. The molecule has 1 aromatic carbocycles. The first-order valence-corrected chi connectivity index (χ1v) is 5.25. The highest BCUT2D eigenvalue weighted by Gasteiger charge is 2.16. The number of rotatable bonds is 4. The van der Waals surface area contributed by atoms with Crippen LogP contribution in [0.15, 0.2) is 24.3 Å². The van der Waals surface area contributed by atoms with Gasteiger partial charge in [-0.1, -0.05) is 26.0 Å². The molecule has 0 spiro atoms. The number of carboxylic acid groups (broad SMARTS) is 1. The van der Waals surface area contributed by atoms with Crippen LogP contribution in [0.3, 0.4) is 0 Å². The quantitative estimate of drug-likeness (QED) is 0.617. The Balaban J connectivity index is 2.80. The smallest absolute Gasteiger partial charge is 0.307 e. The van der Waals surface area contributed by atoms with Crippen LogP contribution in [0.2, 0.25) is 0 Å². The SMILES string of the molecule is CC(C)C(=O)N(O)c1ccc(CC(=O)O)cc1. The molecule has 0 bridgehead atoms. The average molecular weight is 237 g/mol. The van der Waals surface area contributed by atoms with Gasteiger partial charge in [0, 0.05) is 5.92 Å². The fraction of sp³-hybridized carbons (Fsp3) is 0.333. The van der Waals surface area contributed by atoms with Crippen molar-refractivity contribution in [1.82, 2.24) is 0 Å². The van der Waals surface area contributed by atoms with Crippen LogP contribution in [0, 0.1) is 5.92 Å². The van der Waals surface area contributed by atoms with Crippen molar-refractivity contribution >= 4 is 17.6 Å². The van der Waals surface area contributed by atoms with Crippen LogP contribution >= 0.6 is 0 Å². The van der Waals surface area contributed by atoms with Crippen LogP contribution in [0.25, 0.3) is 0 Å². The fourth-order valence-corrected chi connectivity index (χ4v) is 1.30. The zero-order valence-corrected chi connectivity index (χ0v) is 9.75. The van der Waals surface area contributed by atoms with Gasteiger partial charge in [0.2, 0.25) is 0 Å². The normalized spacial score (nSPS) is 10.4. The molecule has 2 N–H and O–H groups in total. The number of carboxylic acids is 1. The molecule has 0 unspecified atom stereocenters. The van der Waals surface area contributed by atoms with Crippen LogP contribution < -0.4 is 5.06 Å². The predicted octanol–water partition coefficient (Wildman–Crippen LogP) is 1.69. The molecule has 92 valence electrons. The lowest BCUT2D eigenvalue weighted by Crippen LogP contribution is -2.30. The minimum atomic E-state index is -0.920. The molecular formula is C12H15NO4. The molecule has 0 aromatic heterocycles. The zero-order valence-electron chi connectivity index (χ0n) is 9.75. The van der Waals surface area contributed by atoms with E-state index in [4.69, 9.17) is 5.11 Å². The van der Waals surface area contributed by atoms with Crippen LogP contribution in [0.5, 0.6) is 0 Å². The van der Waals surface area contributed by atoms with Crippen molar-refractivity contribution in [3.8, 4) is 0 Å². The van der Waals surface area contributed by atoms with E-state index in [-0.39, 0.29) is 12.3 Å². The van der Waals surface area contributed by atoms with Crippen molar-refractivity contribution in [3.63, 3.8) is 0 Å². The monoisotopic (exact) mass is 237 g/mol. The van der Waals surface area contributed by atoms with Crippen LogP contribution in [0.1, 0.15) is 19.4 Å². The molecule has 5 nitrogen and oxygen atoms in total. The summed E-state index contributed by atoms with van der Waals surface area (Å²) in [5.74, 6) is -1.63. The Morgan fingerprint density at radius 3 is 2.18 bits per heavy atom. The number of anilines is 1. The lowest BCUT2D eigenvalue weighted by Gasteiger charge is -2.17. The van der Waals surface area contributed by atoms with Gasteiger partial charge in [0.1, 0.15) is 0 Å². The Labute approximate surface area is 99.2 Å². The first-order valence-electron chi connectivity index (χ1n) is 5.25. The molecule has 1 rings (SSSR count). The molecule has 0 atom stereocenters. The van der Waals surface area contributed by atoms with E-state index in [1.807, 2.05) is 0 Å². The number of hydrogen-bond donors (Lipinski definition) is 2. The van der Waals surface area contributed by atoms with Gasteiger partial charge in [0.05, 0.1) is 12.1 Å². The Hall–Kier alpha value is -1.88. The van der Waals surface area contributed by atoms with Gasteiger partial charge >= 0.3 is 5.97 Å². The number of hydrogen-bond acceptors (Lipinski definition) is 3. The number of nitrogens with zero attached hydrogens (tertiary/aromatic N) is 1. The second-order valence-corrected chi connectivity index (χ2v) is 4.04. The highest BCUT2D eigenvalue weighted by molar-refractivity contribution is 5.92. The second-order valence-electron chi connectivity index (χ2n) is 4.04. The Kier molecular flexibility index (Phi) is 4.23. The molecule has 0 saturated heterocycles. The minimum absolute atomic E-state index is 0.0795. The van der Waals surface area contributed by atoms with Gasteiger partial charge < -0.3 is 5.11 Å². The molecule has 0 radical (unpaired) electrons. The molecule has 1 aromatic rings. The average Bonchev–Trinajstić information content (AvgIpc) is 2.27. The van der Waals surface area contributed by atoms with Gasteiger partial charge in [-0.05, 0) is 17.7 Å². The molecule has 0 saturated carbocycles. The highest BCUT2D eigenvalue weighted by atomic mass is 16.5. The molecule has 0 fully saturated rings. The zero-order chi connectivity index (χ0) is 13.0. The van der Waals surface area contributed by atoms with E-state index in [9.17, 15) is 14.8 Å². The largest absolute Gasteiger partial charge is 0.481 e. The third kappa shape index (κ3) is 3.57. The maximum absolute atomic E-state index is 11.5. The van der Waals surface area contributed by atoms with Crippen molar-refractivity contribution in [2.45, 2.75) is 20.3 Å². The highest BCUT2D eigenvalue weighted by Crippen LogP contribution is 2.16. The van der Waals surface area contributed by atoms with Gasteiger partial charge in [-0.2, -0.15) is 5.06 Å². The number of hydroxylamine groups is 1. The summed E-state index contributed by atoms with van der Waals surface area (Å²) in [6, 6.07) is 6.16. The maximum Gasteiger partial charge on any atom is 0.307 e. The standard InChI is InChI=1S/C12H15NO4/c1-8(2)12(16)13(17)10-5-3-9(4-6-10)7-11(14)15/h3-6,8,17H,7H2,1-2H3,(H,14,15). The van der Waals surface area contributed by atoms with Gasteiger partial charge in [0.25, 0.3) is 5.91 Å². The summed E-state index contributed by atoms with van der Waals surface area (Å²) >= 11 is 0. The molecule has 17 heavy (non-hydrogen) atoms.